The van der Waals surface area contributed by atoms with E-state index in [1.807, 2.05) is 66.7 Å². The molecule has 5 heteroatoms. The van der Waals surface area contributed by atoms with Crippen molar-refractivity contribution in [3.8, 4) is 0 Å². The topological polar surface area (TPSA) is 63.0 Å². The van der Waals surface area contributed by atoms with Crippen LogP contribution < -0.4 is 5.43 Å². The molecule has 0 heterocycles. The largest absolute Gasteiger partial charge is 0.391 e. The van der Waals surface area contributed by atoms with Crippen molar-refractivity contribution in [3.05, 3.63) is 108 Å². The minimum atomic E-state index is -0.289. The first-order valence-electron chi connectivity index (χ1n) is 8.51. The number of hydrogen-bond donors (Lipinski definition) is 1. The average Bonchev–Trinajstić information content (AvgIpc) is 2.75. The Morgan fingerprint density at radius 3 is 2.00 bits per heavy atom. The van der Waals surface area contributed by atoms with Crippen LogP contribution >= 0.6 is 0 Å². The second-order valence-corrected chi connectivity index (χ2v) is 5.66. The van der Waals surface area contributed by atoms with E-state index in [0.717, 1.165) is 11.1 Å². The number of hydrazone groups is 1. The van der Waals surface area contributed by atoms with Crippen LogP contribution in [-0.4, -0.2) is 17.8 Å². The number of benzene rings is 3. The van der Waals surface area contributed by atoms with E-state index in [2.05, 4.69) is 15.7 Å². The van der Waals surface area contributed by atoms with Gasteiger partial charge in [0.15, 0.2) is 0 Å². The molecule has 0 aliphatic heterocycles. The SMILES string of the molecule is O=C(N/N=C(\C=N\OCc1ccccc1)c1ccccc1)c1ccccc1. The summed E-state index contributed by atoms with van der Waals surface area (Å²) in [6, 6.07) is 28.1. The van der Waals surface area contributed by atoms with Crippen molar-refractivity contribution in [1.29, 1.82) is 0 Å². The van der Waals surface area contributed by atoms with Gasteiger partial charge in [0.1, 0.15) is 12.3 Å². The zero-order chi connectivity index (χ0) is 18.7. The zero-order valence-corrected chi connectivity index (χ0v) is 14.7. The number of carbonyl (C=O) groups excluding carboxylic acids is 1. The van der Waals surface area contributed by atoms with E-state index in [1.165, 1.54) is 6.21 Å². The molecule has 1 N–H and O–H groups in total. The molecule has 0 spiro atoms. The first-order valence-corrected chi connectivity index (χ1v) is 8.51. The molecule has 0 saturated heterocycles. The van der Waals surface area contributed by atoms with Crippen LogP contribution in [0.3, 0.4) is 0 Å². The lowest BCUT2D eigenvalue weighted by Crippen LogP contribution is -2.20. The molecule has 0 bridgehead atoms. The maximum atomic E-state index is 12.2. The van der Waals surface area contributed by atoms with Crippen LogP contribution in [0.25, 0.3) is 0 Å². The normalized spacial score (nSPS) is 11.3. The summed E-state index contributed by atoms with van der Waals surface area (Å²) in [5.74, 6) is -0.289. The maximum absolute atomic E-state index is 12.2. The molecule has 0 aliphatic rings. The van der Waals surface area contributed by atoms with Crippen LogP contribution in [0.2, 0.25) is 0 Å². The molecule has 0 atom stereocenters. The molecular weight excluding hydrogens is 338 g/mol. The second-order valence-electron chi connectivity index (χ2n) is 5.66. The van der Waals surface area contributed by atoms with Gasteiger partial charge in [-0.1, -0.05) is 84.0 Å². The van der Waals surface area contributed by atoms with E-state index in [4.69, 9.17) is 4.84 Å². The second kappa shape index (κ2) is 9.68. The van der Waals surface area contributed by atoms with Crippen molar-refractivity contribution in [2.75, 3.05) is 0 Å². The number of rotatable bonds is 7. The van der Waals surface area contributed by atoms with E-state index in [1.54, 1.807) is 24.3 Å². The highest BCUT2D eigenvalue weighted by atomic mass is 16.6. The van der Waals surface area contributed by atoms with Crippen LogP contribution in [-0.2, 0) is 11.4 Å². The van der Waals surface area contributed by atoms with Crippen LogP contribution in [0, 0.1) is 0 Å². The highest BCUT2D eigenvalue weighted by molar-refractivity contribution is 6.38. The van der Waals surface area contributed by atoms with Crippen molar-refractivity contribution < 1.29 is 9.63 Å². The molecule has 3 rings (SSSR count). The van der Waals surface area contributed by atoms with Crippen LogP contribution in [0.5, 0.6) is 0 Å². The summed E-state index contributed by atoms with van der Waals surface area (Å²) in [5, 5.41) is 8.19. The summed E-state index contributed by atoms with van der Waals surface area (Å²) in [4.78, 5) is 17.5. The van der Waals surface area contributed by atoms with Gasteiger partial charge in [0.05, 0.1) is 6.21 Å². The molecule has 0 aliphatic carbocycles. The Hall–Kier alpha value is -3.73. The smallest absolute Gasteiger partial charge is 0.271 e. The Kier molecular flexibility index (Phi) is 6.48. The zero-order valence-electron chi connectivity index (χ0n) is 14.7. The van der Waals surface area contributed by atoms with Gasteiger partial charge in [-0.15, -0.1) is 0 Å². The Bertz CT molecular complexity index is 908. The van der Waals surface area contributed by atoms with E-state index in [-0.39, 0.29) is 5.91 Å². The number of carbonyl (C=O) groups is 1. The van der Waals surface area contributed by atoms with Gasteiger partial charge >= 0.3 is 0 Å². The Labute approximate surface area is 158 Å². The predicted octanol–water partition coefficient (Wildman–Crippen LogP) is 4.02. The summed E-state index contributed by atoms with van der Waals surface area (Å²) in [6.07, 6.45) is 1.49. The average molecular weight is 357 g/mol. The number of amides is 1. The fourth-order valence-corrected chi connectivity index (χ4v) is 2.32. The van der Waals surface area contributed by atoms with E-state index in [0.29, 0.717) is 17.9 Å². The molecule has 1 amide bonds. The molecular formula is C22H19N3O2. The van der Waals surface area contributed by atoms with Crippen molar-refractivity contribution in [2.24, 2.45) is 10.3 Å². The molecule has 0 unspecified atom stereocenters. The fraction of sp³-hybridized carbons (Fsp3) is 0.0455. The molecule has 3 aromatic carbocycles. The summed E-state index contributed by atoms with van der Waals surface area (Å²) < 4.78 is 0. The Morgan fingerprint density at radius 1 is 0.815 bits per heavy atom. The Morgan fingerprint density at radius 2 is 1.37 bits per heavy atom. The van der Waals surface area contributed by atoms with Crippen molar-refractivity contribution >= 4 is 17.8 Å². The number of hydrogen-bond acceptors (Lipinski definition) is 4. The lowest BCUT2D eigenvalue weighted by molar-refractivity contribution is 0.0955. The molecule has 0 aromatic heterocycles. The van der Waals surface area contributed by atoms with Gasteiger partial charge in [-0.25, -0.2) is 5.43 Å². The van der Waals surface area contributed by atoms with Gasteiger partial charge in [-0.2, -0.15) is 5.10 Å². The van der Waals surface area contributed by atoms with E-state index >= 15 is 0 Å². The van der Waals surface area contributed by atoms with Crippen molar-refractivity contribution in [3.63, 3.8) is 0 Å². The molecule has 5 nitrogen and oxygen atoms in total. The third kappa shape index (κ3) is 5.64. The van der Waals surface area contributed by atoms with Gasteiger partial charge in [0.2, 0.25) is 0 Å². The fourth-order valence-electron chi connectivity index (χ4n) is 2.32. The first-order chi connectivity index (χ1) is 13.3. The molecule has 0 radical (unpaired) electrons. The van der Waals surface area contributed by atoms with Crippen molar-refractivity contribution in [1.82, 2.24) is 5.43 Å². The summed E-state index contributed by atoms with van der Waals surface area (Å²) >= 11 is 0. The lowest BCUT2D eigenvalue weighted by atomic mass is 10.1. The highest BCUT2D eigenvalue weighted by Gasteiger charge is 2.05. The minimum Gasteiger partial charge on any atom is -0.391 e. The lowest BCUT2D eigenvalue weighted by Gasteiger charge is -2.04. The van der Waals surface area contributed by atoms with Gasteiger partial charge < -0.3 is 4.84 Å². The van der Waals surface area contributed by atoms with Gasteiger partial charge in [-0.05, 0) is 17.7 Å². The summed E-state index contributed by atoms with van der Waals surface area (Å²) in [7, 11) is 0. The first kappa shape index (κ1) is 18.1. The summed E-state index contributed by atoms with van der Waals surface area (Å²) in [5.41, 5.74) is 5.42. The van der Waals surface area contributed by atoms with E-state index < -0.39 is 0 Å². The molecule has 3 aromatic rings. The predicted molar refractivity (Wildman–Crippen MR) is 107 cm³/mol. The summed E-state index contributed by atoms with van der Waals surface area (Å²) in [6.45, 7) is 0.357. The standard InChI is InChI=1S/C22H19N3O2/c26-22(20-14-8-3-9-15-20)25-24-21(19-12-6-2-7-13-19)16-23-27-17-18-10-4-1-5-11-18/h1-16H,17H2,(H,25,26)/b23-16+,24-21+. The molecule has 0 saturated carbocycles. The minimum absolute atomic E-state index is 0.289. The molecule has 27 heavy (non-hydrogen) atoms. The van der Waals surface area contributed by atoms with Gasteiger partial charge in [0.25, 0.3) is 5.91 Å². The highest BCUT2D eigenvalue weighted by Crippen LogP contribution is 2.03. The maximum Gasteiger partial charge on any atom is 0.271 e. The monoisotopic (exact) mass is 357 g/mol. The number of nitrogens with one attached hydrogen (secondary N) is 1. The third-order valence-corrected chi connectivity index (χ3v) is 3.71. The molecule has 134 valence electrons. The van der Waals surface area contributed by atoms with Crippen LogP contribution in [0.15, 0.2) is 101 Å². The van der Waals surface area contributed by atoms with Gasteiger partial charge in [-0.3, -0.25) is 4.79 Å². The number of oxime groups is 1. The Balaban J connectivity index is 1.69. The third-order valence-electron chi connectivity index (χ3n) is 3.71. The quantitative estimate of drug-likeness (QED) is 0.513. The van der Waals surface area contributed by atoms with Crippen molar-refractivity contribution in [2.45, 2.75) is 6.61 Å². The van der Waals surface area contributed by atoms with E-state index in [9.17, 15) is 4.79 Å². The van der Waals surface area contributed by atoms with Crippen LogP contribution in [0.1, 0.15) is 21.5 Å². The number of nitrogens with zero attached hydrogens (tertiary/aromatic N) is 2. The van der Waals surface area contributed by atoms with Crippen LogP contribution in [0.4, 0.5) is 0 Å². The molecule has 0 fully saturated rings. The van der Waals surface area contributed by atoms with Gasteiger partial charge in [0, 0.05) is 11.1 Å².